The maximum absolute atomic E-state index is 12.6. The van der Waals surface area contributed by atoms with E-state index in [1.165, 1.54) is 24.3 Å². The minimum atomic E-state index is -3.89. The van der Waals surface area contributed by atoms with Gasteiger partial charge in [0.15, 0.2) is 0 Å². The van der Waals surface area contributed by atoms with E-state index in [-0.39, 0.29) is 27.1 Å². The van der Waals surface area contributed by atoms with Crippen LogP contribution < -0.4 is 10.1 Å². The summed E-state index contributed by atoms with van der Waals surface area (Å²) >= 11 is 6.00. The number of amides is 1. The first-order valence-corrected chi connectivity index (χ1v) is 10.4. The van der Waals surface area contributed by atoms with E-state index >= 15 is 0 Å². The van der Waals surface area contributed by atoms with Gasteiger partial charge in [-0.3, -0.25) is 9.52 Å². The average molecular weight is 408 g/mol. The van der Waals surface area contributed by atoms with Gasteiger partial charge in [-0.25, -0.2) is 13.8 Å². The van der Waals surface area contributed by atoms with Gasteiger partial charge in [-0.15, -0.1) is 0 Å². The molecule has 0 radical (unpaired) electrons. The third kappa shape index (κ3) is 5.80. The van der Waals surface area contributed by atoms with Crippen LogP contribution in [0.3, 0.4) is 0 Å². The van der Waals surface area contributed by atoms with E-state index in [1.54, 1.807) is 30.5 Å². The number of carbonyl (C=O) groups is 1. The van der Waals surface area contributed by atoms with Crippen molar-refractivity contribution >= 4 is 39.4 Å². The van der Waals surface area contributed by atoms with Crippen molar-refractivity contribution < 1.29 is 13.2 Å². The van der Waals surface area contributed by atoms with Gasteiger partial charge in [0.1, 0.15) is 0 Å². The molecule has 8 heteroatoms. The number of benzene rings is 2. The molecule has 0 unspecified atom stereocenters. The molecule has 0 aliphatic heterocycles. The maximum Gasteiger partial charge on any atom is 0.271 e. The van der Waals surface area contributed by atoms with E-state index < -0.39 is 15.9 Å². The van der Waals surface area contributed by atoms with E-state index in [0.29, 0.717) is 0 Å². The molecule has 0 fully saturated rings. The molecule has 27 heavy (non-hydrogen) atoms. The van der Waals surface area contributed by atoms with Crippen molar-refractivity contribution in [1.29, 1.82) is 0 Å². The number of anilines is 1. The largest absolute Gasteiger partial charge is 0.278 e. The standard InChI is InChI=1S/C19H22ClN3O3S/c1-3-14(4-2)13-21-22-19(24)15-8-7-9-16(12-15)27(25,26)23-18-11-6-5-10-17(18)20/h5-14,23H,3-4H2,1-2H3,(H,22,24)/b21-13+. The Kier molecular flexibility index (Phi) is 7.38. The highest BCUT2D eigenvalue weighted by Gasteiger charge is 2.17. The van der Waals surface area contributed by atoms with Crippen LogP contribution in [0, 0.1) is 5.92 Å². The summed E-state index contributed by atoms with van der Waals surface area (Å²) < 4.78 is 27.6. The smallest absolute Gasteiger partial charge is 0.271 e. The van der Waals surface area contributed by atoms with Crippen LogP contribution in [0.5, 0.6) is 0 Å². The summed E-state index contributed by atoms with van der Waals surface area (Å²) in [5, 5.41) is 4.24. The first kappa shape index (κ1) is 20.9. The molecular weight excluding hydrogens is 386 g/mol. The Hall–Kier alpha value is -2.38. The van der Waals surface area contributed by atoms with Crippen molar-refractivity contribution in [1.82, 2.24) is 5.43 Å². The van der Waals surface area contributed by atoms with Crippen molar-refractivity contribution in [2.45, 2.75) is 31.6 Å². The number of nitrogens with one attached hydrogen (secondary N) is 2. The van der Waals surface area contributed by atoms with E-state index in [2.05, 4.69) is 15.2 Å². The van der Waals surface area contributed by atoms with E-state index in [1.807, 2.05) is 13.8 Å². The molecule has 0 saturated carbocycles. The number of halogens is 1. The number of para-hydroxylation sites is 1. The van der Waals surface area contributed by atoms with Gasteiger partial charge < -0.3 is 0 Å². The van der Waals surface area contributed by atoms with Crippen molar-refractivity contribution in [3.8, 4) is 0 Å². The normalized spacial score (nSPS) is 11.7. The molecule has 6 nitrogen and oxygen atoms in total. The van der Waals surface area contributed by atoms with Crippen LogP contribution in [0.2, 0.25) is 5.02 Å². The molecule has 144 valence electrons. The van der Waals surface area contributed by atoms with Gasteiger partial charge >= 0.3 is 0 Å². The number of sulfonamides is 1. The molecule has 1 amide bonds. The highest BCUT2D eigenvalue weighted by atomic mass is 35.5. The molecule has 0 aliphatic carbocycles. The first-order valence-electron chi connectivity index (χ1n) is 8.58. The fraction of sp³-hybridized carbons (Fsp3) is 0.263. The van der Waals surface area contributed by atoms with Gasteiger partial charge in [0, 0.05) is 11.8 Å². The minimum absolute atomic E-state index is 0.0426. The van der Waals surface area contributed by atoms with Gasteiger partial charge in [-0.2, -0.15) is 5.10 Å². The van der Waals surface area contributed by atoms with Crippen molar-refractivity contribution in [3.63, 3.8) is 0 Å². The molecular formula is C19H22ClN3O3S. The van der Waals surface area contributed by atoms with Crippen LogP contribution in [0.4, 0.5) is 5.69 Å². The quantitative estimate of drug-likeness (QED) is 0.505. The third-order valence-electron chi connectivity index (χ3n) is 4.02. The second-order valence-corrected chi connectivity index (χ2v) is 8.00. The van der Waals surface area contributed by atoms with Gasteiger partial charge in [-0.1, -0.05) is 43.6 Å². The Labute approximate surface area is 164 Å². The lowest BCUT2D eigenvalue weighted by atomic mass is 10.1. The average Bonchev–Trinajstić information content (AvgIpc) is 2.67. The van der Waals surface area contributed by atoms with Crippen molar-refractivity contribution in [2.75, 3.05) is 4.72 Å². The minimum Gasteiger partial charge on any atom is -0.278 e. The monoisotopic (exact) mass is 407 g/mol. The summed E-state index contributed by atoms with van der Waals surface area (Å²) in [5.41, 5.74) is 2.89. The number of carbonyl (C=O) groups excluding carboxylic acids is 1. The van der Waals surface area contributed by atoms with Crippen LogP contribution in [0.1, 0.15) is 37.0 Å². The summed E-state index contributed by atoms with van der Waals surface area (Å²) in [4.78, 5) is 12.2. The maximum atomic E-state index is 12.6. The number of nitrogens with zero attached hydrogens (tertiary/aromatic N) is 1. The zero-order valence-corrected chi connectivity index (χ0v) is 16.7. The molecule has 0 aliphatic rings. The summed E-state index contributed by atoms with van der Waals surface area (Å²) in [7, 11) is -3.89. The molecule has 0 atom stereocenters. The Morgan fingerprint density at radius 2 is 1.85 bits per heavy atom. The van der Waals surface area contributed by atoms with Gasteiger partial charge in [0.25, 0.3) is 15.9 Å². The van der Waals surface area contributed by atoms with E-state index in [0.717, 1.165) is 12.8 Å². The molecule has 2 aromatic rings. The fourth-order valence-electron chi connectivity index (χ4n) is 2.32. The van der Waals surface area contributed by atoms with E-state index in [4.69, 9.17) is 11.6 Å². The van der Waals surface area contributed by atoms with Crippen LogP contribution in [-0.4, -0.2) is 20.5 Å². The summed E-state index contributed by atoms with van der Waals surface area (Å²) in [5.74, 6) is -0.191. The fourth-order valence-corrected chi connectivity index (χ4v) is 3.68. The molecule has 0 heterocycles. The highest BCUT2D eigenvalue weighted by Crippen LogP contribution is 2.24. The number of hydrogen-bond acceptors (Lipinski definition) is 4. The molecule has 2 aromatic carbocycles. The molecule has 0 saturated heterocycles. The molecule has 0 bridgehead atoms. The number of hydrogen-bond donors (Lipinski definition) is 2. The highest BCUT2D eigenvalue weighted by molar-refractivity contribution is 7.92. The third-order valence-corrected chi connectivity index (χ3v) is 5.72. The Morgan fingerprint density at radius 1 is 1.15 bits per heavy atom. The first-order chi connectivity index (χ1) is 12.9. The lowest BCUT2D eigenvalue weighted by molar-refractivity contribution is 0.0954. The summed E-state index contributed by atoms with van der Waals surface area (Å²) in [6.45, 7) is 4.09. The van der Waals surface area contributed by atoms with Crippen LogP contribution in [0.25, 0.3) is 0 Å². The molecule has 0 aromatic heterocycles. The predicted octanol–water partition coefficient (Wildman–Crippen LogP) is 4.29. The second kappa shape index (κ2) is 9.53. The van der Waals surface area contributed by atoms with Crippen LogP contribution >= 0.6 is 11.6 Å². The SMILES string of the molecule is CCC(/C=N/NC(=O)c1cccc(S(=O)(=O)Nc2ccccc2Cl)c1)CC. The van der Waals surface area contributed by atoms with Gasteiger partial charge in [-0.05, 0) is 49.1 Å². The molecule has 0 spiro atoms. The molecule has 2 rings (SSSR count). The number of rotatable bonds is 8. The van der Waals surface area contributed by atoms with Crippen molar-refractivity contribution in [3.05, 3.63) is 59.1 Å². The lowest BCUT2D eigenvalue weighted by Crippen LogP contribution is -2.19. The second-order valence-electron chi connectivity index (χ2n) is 5.91. The Balaban J connectivity index is 2.16. The van der Waals surface area contributed by atoms with Crippen molar-refractivity contribution in [2.24, 2.45) is 11.0 Å². The van der Waals surface area contributed by atoms with Gasteiger partial charge in [0.05, 0.1) is 15.6 Å². The predicted molar refractivity (Wildman–Crippen MR) is 109 cm³/mol. The lowest BCUT2D eigenvalue weighted by Gasteiger charge is -2.10. The summed E-state index contributed by atoms with van der Waals surface area (Å²) in [6.07, 6.45) is 3.55. The zero-order chi connectivity index (χ0) is 19.9. The zero-order valence-electron chi connectivity index (χ0n) is 15.1. The molecule has 2 N–H and O–H groups in total. The number of hydrazone groups is 1. The van der Waals surface area contributed by atoms with Gasteiger partial charge in [0.2, 0.25) is 0 Å². The Bertz CT molecular complexity index is 925. The van der Waals surface area contributed by atoms with Crippen LogP contribution in [-0.2, 0) is 10.0 Å². The topological polar surface area (TPSA) is 87.6 Å². The van der Waals surface area contributed by atoms with E-state index in [9.17, 15) is 13.2 Å². The van der Waals surface area contributed by atoms with Crippen LogP contribution in [0.15, 0.2) is 58.5 Å². The Morgan fingerprint density at radius 3 is 2.52 bits per heavy atom. The summed E-state index contributed by atoms with van der Waals surface area (Å²) in [6, 6.07) is 12.2.